The number of carbonyl (C=O) groups excluding carboxylic acids is 3. The summed E-state index contributed by atoms with van der Waals surface area (Å²) in [6.45, 7) is 1.11. The highest BCUT2D eigenvalue weighted by Gasteiger charge is 2.12. The van der Waals surface area contributed by atoms with Crippen molar-refractivity contribution in [1.82, 2.24) is 4.98 Å². The van der Waals surface area contributed by atoms with E-state index in [1.807, 2.05) is 24.3 Å². The Morgan fingerprint density at radius 3 is 2.50 bits per heavy atom. The lowest BCUT2D eigenvalue weighted by Gasteiger charge is -2.07. The van der Waals surface area contributed by atoms with Crippen molar-refractivity contribution < 1.29 is 19.1 Å². The lowest BCUT2D eigenvalue weighted by molar-refractivity contribution is -0.146. The number of benzene rings is 2. The number of para-hydroxylation sites is 1. The van der Waals surface area contributed by atoms with Crippen LogP contribution in [-0.2, 0) is 20.7 Å². The van der Waals surface area contributed by atoms with Crippen molar-refractivity contribution in [2.45, 2.75) is 13.3 Å². The Balaban J connectivity index is 1.51. The SMILES string of the molecule is CC(=O)c1ccc(NC(=O)COC(=O)Cc2c[nH]c3ccccc23)cc1. The average Bonchev–Trinajstić information content (AvgIpc) is 3.03. The lowest BCUT2D eigenvalue weighted by Crippen LogP contribution is -2.21. The molecule has 6 heteroatoms. The summed E-state index contributed by atoms with van der Waals surface area (Å²) in [7, 11) is 0. The summed E-state index contributed by atoms with van der Waals surface area (Å²) >= 11 is 0. The van der Waals surface area contributed by atoms with Gasteiger partial charge in [-0.1, -0.05) is 18.2 Å². The maximum absolute atomic E-state index is 12.0. The number of aromatic nitrogens is 1. The van der Waals surface area contributed by atoms with Crippen molar-refractivity contribution in [2.24, 2.45) is 0 Å². The molecule has 0 saturated heterocycles. The number of ketones is 1. The van der Waals surface area contributed by atoms with Gasteiger partial charge in [-0.2, -0.15) is 0 Å². The summed E-state index contributed by atoms with van der Waals surface area (Å²) in [5.41, 5.74) is 2.87. The van der Waals surface area contributed by atoms with E-state index in [1.54, 1.807) is 30.5 Å². The molecule has 3 rings (SSSR count). The van der Waals surface area contributed by atoms with E-state index in [2.05, 4.69) is 10.3 Å². The fraction of sp³-hybridized carbons (Fsp3) is 0.150. The van der Waals surface area contributed by atoms with Crippen LogP contribution in [0.2, 0.25) is 0 Å². The van der Waals surface area contributed by atoms with Crippen LogP contribution >= 0.6 is 0 Å². The number of H-pyrrole nitrogens is 1. The van der Waals surface area contributed by atoms with E-state index in [4.69, 9.17) is 4.74 Å². The summed E-state index contributed by atoms with van der Waals surface area (Å²) in [5, 5.41) is 3.58. The van der Waals surface area contributed by atoms with Crippen LogP contribution < -0.4 is 5.32 Å². The van der Waals surface area contributed by atoms with E-state index in [-0.39, 0.29) is 18.8 Å². The topological polar surface area (TPSA) is 88.3 Å². The maximum Gasteiger partial charge on any atom is 0.310 e. The molecule has 0 aliphatic rings. The number of Topliss-reactive ketones (excluding diaryl/α,β-unsaturated/α-hetero) is 1. The Morgan fingerprint density at radius 1 is 1.04 bits per heavy atom. The summed E-state index contributed by atoms with van der Waals surface area (Å²) in [6.07, 6.45) is 1.85. The van der Waals surface area contributed by atoms with E-state index in [0.717, 1.165) is 16.5 Å². The third-order valence-electron chi connectivity index (χ3n) is 3.95. The van der Waals surface area contributed by atoms with Gasteiger partial charge in [0.15, 0.2) is 12.4 Å². The first-order valence-electron chi connectivity index (χ1n) is 8.14. The molecule has 0 spiro atoms. The maximum atomic E-state index is 12.0. The number of ether oxygens (including phenoxy) is 1. The molecule has 1 heterocycles. The molecule has 3 aromatic rings. The molecule has 0 unspecified atom stereocenters. The number of carbonyl (C=O) groups is 3. The van der Waals surface area contributed by atoms with Crippen LogP contribution in [0.25, 0.3) is 10.9 Å². The summed E-state index contributed by atoms with van der Waals surface area (Å²) in [5.74, 6) is -0.959. The minimum atomic E-state index is -0.475. The quantitative estimate of drug-likeness (QED) is 0.528. The average molecular weight is 350 g/mol. The Hall–Kier alpha value is -3.41. The Bertz CT molecular complexity index is 957. The first-order valence-corrected chi connectivity index (χ1v) is 8.14. The number of hydrogen-bond donors (Lipinski definition) is 2. The number of anilines is 1. The zero-order valence-corrected chi connectivity index (χ0v) is 14.2. The number of rotatable bonds is 6. The van der Waals surface area contributed by atoms with Crippen molar-refractivity contribution in [3.63, 3.8) is 0 Å². The van der Waals surface area contributed by atoms with Crippen molar-refractivity contribution in [2.75, 3.05) is 11.9 Å². The molecule has 0 saturated carbocycles. The summed E-state index contributed by atoms with van der Waals surface area (Å²) in [6, 6.07) is 14.2. The molecule has 0 radical (unpaired) electrons. The fourth-order valence-corrected chi connectivity index (χ4v) is 2.62. The highest BCUT2D eigenvalue weighted by molar-refractivity contribution is 5.96. The van der Waals surface area contributed by atoms with Gasteiger partial charge in [0.05, 0.1) is 6.42 Å². The van der Waals surface area contributed by atoms with Gasteiger partial charge in [-0.25, -0.2) is 0 Å². The number of aromatic amines is 1. The van der Waals surface area contributed by atoms with E-state index < -0.39 is 11.9 Å². The second kappa shape index (κ2) is 7.65. The third kappa shape index (κ3) is 4.16. The number of hydrogen-bond acceptors (Lipinski definition) is 4. The van der Waals surface area contributed by atoms with Crippen LogP contribution in [0, 0.1) is 0 Å². The highest BCUT2D eigenvalue weighted by atomic mass is 16.5. The first kappa shape index (κ1) is 17.4. The summed E-state index contributed by atoms with van der Waals surface area (Å²) in [4.78, 5) is 38.2. The van der Waals surface area contributed by atoms with E-state index in [1.165, 1.54) is 6.92 Å². The molecule has 132 valence electrons. The van der Waals surface area contributed by atoms with E-state index in [0.29, 0.717) is 11.3 Å². The van der Waals surface area contributed by atoms with Crippen LogP contribution in [0.4, 0.5) is 5.69 Å². The smallest absolute Gasteiger partial charge is 0.310 e. The van der Waals surface area contributed by atoms with Crippen LogP contribution in [0.3, 0.4) is 0 Å². The number of fused-ring (bicyclic) bond motifs is 1. The number of amides is 1. The Kier molecular flexibility index (Phi) is 5.12. The van der Waals surface area contributed by atoms with Gasteiger partial charge in [0.1, 0.15) is 0 Å². The minimum absolute atomic E-state index is 0.0471. The van der Waals surface area contributed by atoms with Gasteiger partial charge in [0.25, 0.3) is 5.91 Å². The van der Waals surface area contributed by atoms with Gasteiger partial charge in [0.2, 0.25) is 0 Å². The van der Waals surface area contributed by atoms with Gasteiger partial charge in [0, 0.05) is 28.4 Å². The number of nitrogens with one attached hydrogen (secondary N) is 2. The number of esters is 1. The normalized spacial score (nSPS) is 10.5. The molecule has 2 aromatic carbocycles. The molecular weight excluding hydrogens is 332 g/mol. The zero-order chi connectivity index (χ0) is 18.5. The predicted molar refractivity (Wildman–Crippen MR) is 98.0 cm³/mol. The first-order chi connectivity index (χ1) is 12.5. The van der Waals surface area contributed by atoms with Gasteiger partial charge < -0.3 is 15.0 Å². The molecule has 1 aromatic heterocycles. The second-order valence-corrected chi connectivity index (χ2v) is 5.88. The largest absolute Gasteiger partial charge is 0.455 e. The molecule has 2 N–H and O–H groups in total. The molecule has 0 aliphatic heterocycles. The molecule has 0 fully saturated rings. The lowest BCUT2D eigenvalue weighted by atomic mass is 10.1. The Morgan fingerprint density at radius 2 is 1.77 bits per heavy atom. The third-order valence-corrected chi connectivity index (χ3v) is 3.95. The summed E-state index contributed by atoms with van der Waals surface area (Å²) < 4.78 is 5.04. The monoisotopic (exact) mass is 350 g/mol. The highest BCUT2D eigenvalue weighted by Crippen LogP contribution is 2.18. The fourth-order valence-electron chi connectivity index (χ4n) is 2.62. The molecule has 0 bridgehead atoms. The van der Waals surface area contributed by atoms with E-state index in [9.17, 15) is 14.4 Å². The second-order valence-electron chi connectivity index (χ2n) is 5.88. The molecule has 0 aliphatic carbocycles. The molecule has 26 heavy (non-hydrogen) atoms. The standard InChI is InChI=1S/C20H18N2O4/c1-13(23)14-6-8-16(9-7-14)22-19(24)12-26-20(25)10-15-11-21-18-5-3-2-4-17(15)18/h2-9,11,21H,10,12H2,1H3,(H,22,24). The molecule has 6 nitrogen and oxygen atoms in total. The molecular formula is C20H18N2O4. The van der Waals surface area contributed by atoms with E-state index >= 15 is 0 Å². The predicted octanol–water partition coefficient (Wildman–Crippen LogP) is 3.09. The molecule has 0 atom stereocenters. The van der Waals surface area contributed by atoms with Crippen LogP contribution in [0.15, 0.2) is 54.7 Å². The molecule has 1 amide bonds. The minimum Gasteiger partial charge on any atom is -0.455 e. The van der Waals surface area contributed by atoms with Gasteiger partial charge in [-0.05, 0) is 42.8 Å². The van der Waals surface area contributed by atoms with Crippen LogP contribution in [0.1, 0.15) is 22.8 Å². The Labute approximate surface area is 150 Å². The van der Waals surface area contributed by atoms with Crippen LogP contribution in [-0.4, -0.2) is 29.3 Å². The van der Waals surface area contributed by atoms with Crippen molar-refractivity contribution in [3.8, 4) is 0 Å². The van der Waals surface area contributed by atoms with Crippen molar-refractivity contribution in [3.05, 3.63) is 65.9 Å². The van der Waals surface area contributed by atoms with Crippen molar-refractivity contribution >= 4 is 34.3 Å². The zero-order valence-electron chi connectivity index (χ0n) is 14.2. The van der Waals surface area contributed by atoms with Gasteiger partial charge in [-0.15, -0.1) is 0 Å². The van der Waals surface area contributed by atoms with Crippen molar-refractivity contribution in [1.29, 1.82) is 0 Å². The van der Waals surface area contributed by atoms with Gasteiger partial charge >= 0.3 is 5.97 Å². The van der Waals surface area contributed by atoms with Crippen LogP contribution in [0.5, 0.6) is 0 Å². The van der Waals surface area contributed by atoms with Gasteiger partial charge in [-0.3, -0.25) is 14.4 Å².